The highest BCUT2D eigenvalue weighted by Crippen LogP contribution is 2.65. The van der Waals surface area contributed by atoms with Gasteiger partial charge in [0.1, 0.15) is 17.2 Å². The van der Waals surface area contributed by atoms with Crippen molar-refractivity contribution in [3.05, 3.63) is 29.4 Å². The summed E-state index contributed by atoms with van der Waals surface area (Å²) in [7, 11) is 0. The van der Waals surface area contributed by atoms with E-state index in [1.165, 1.54) is 11.1 Å². The van der Waals surface area contributed by atoms with Gasteiger partial charge in [0.05, 0.1) is 6.54 Å². The molecule has 0 unspecified atom stereocenters. The van der Waals surface area contributed by atoms with E-state index in [0.29, 0.717) is 24.7 Å². The number of fused-ring (bicyclic) bond motifs is 5. The van der Waals surface area contributed by atoms with Gasteiger partial charge in [0.2, 0.25) is 5.95 Å². The summed E-state index contributed by atoms with van der Waals surface area (Å²) in [6.07, 6.45) is 9.86. The average molecular weight is 577 g/mol. The summed E-state index contributed by atoms with van der Waals surface area (Å²) in [4.78, 5) is 41.6. The van der Waals surface area contributed by atoms with Gasteiger partial charge < -0.3 is 20.6 Å². The van der Waals surface area contributed by atoms with Gasteiger partial charge in [-0.05, 0) is 70.3 Å². The number of hydrogen-bond acceptors (Lipinski definition) is 9. The Balaban J connectivity index is 1.13. The fourth-order valence-corrected chi connectivity index (χ4v) is 9.11. The van der Waals surface area contributed by atoms with Gasteiger partial charge in [0.15, 0.2) is 11.6 Å². The van der Waals surface area contributed by atoms with E-state index < -0.39 is 11.0 Å². The van der Waals surface area contributed by atoms with E-state index in [-0.39, 0.29) is 29.5 Å². The highest BCUT2D eigenvalue weighted by molar-refractivity contribution is 5.92. The number of Topliss-reactive ketones (excluding diaryl/α,β-unsaturated/α-hetero) is 1. The minimum atomic E-state index is -1.31. The van der Waals surface area contributed by atoms with E-state index in [1.54, 1.807) is 0 Å². The Morgan fingerprint density at radius 2 is 1.83 bits per heavy atom. The number of aliphatic hydroxyl groups is 1. The summed E-state index contributed by atoms with van der Waals surface area (Å²) < 4.78 is 0. The maximum Gasteiger partial charge on any atom is 0.223 e. The van der Waals surface area contributed by atoms with Gasteiger partial charge in [-0.1, -0.05) is 31.1 Å². The van der Waals surface area contributed by atoms with Crippen molar-refractivity contribution in [1.82, 2.24) is 14.9 Å². The van der Waals surface area contributed by atoms with Crippen LogP contribution in [0.5, 0.6) is 0 Å². The summed E-state index contributed by atoms with van der Waals surface area (Å²) in [5, 5.41) is 12.1. The van der Waals surface area contributed by atoms with Gasteiger partial charge in [-0.25, -0.2) is 0 Å². The van der Waals surface area contributed by atoms with E-state index in [9.17, 15) is 14.7 Å². The van der Waals surface area contributed by atoms with Crippen LogP contribution in [0.15, 0.2) is 29.4 Å². The molecule has 0 spiro atoms. The Bertz CT molecular complexity index is 1310. The monoisotopic (exact) mass is 576 g/mol. The first-order valence-electron chi connectivity index (χ1n) is 16.1. The van der Waals surface area contributed by atoms with Gasteiger partial charge in [0.25, 0.3) is 0 Å². The molecule has 5 aliphatic rings. The van der Waals surface area contributed by atoms with Crippen molar-refractivity contribution >= 4 is 29.2 Å². The number of nitrogen functional groups attached to an aromatic ring is 1. The molecule has 9 nitrogen and oxygen atoms in total. The van der Waals surface area contributed by atoms with Crippen LogP contribution in [0.3, 0.4) is 0 Å². The Kier molecular flexibility index (Phi) is 7.49. The van der Waals surface area contributed by atoms with Crippen molar-refractivity contribution in [3.8, 4) is 0 Å². The number of hydrogen-bond donors (Lipinski definition) is 2. The maximum atomic E-state index is 13.9. The third kappa shape index (κ3) is 4.58. The number of anilines is 3. The molecule has 4 aliphatic carbocycles. The third-order valence-corrected chi connectivity index (χ3v) is 11.8. The predicted molar refractivity (Wildman–Crippen MR) is 165 cm³/mol. The molecule has 2 saturated carbocycles. The van der Waals surface area contributed by atoms with E-state index in [4.69, 9.17) is 5.73 Å². The summed E-state index contributed by atoms with van der Waals surface area (Å²) in [6.45, 7) is 13.6. The maximum absolute atomic E-state index is 13.9. The Hall–Kier alpha value is -2.78. The zero-order valence-electron chi connectivity index (χ0n) is 25.9. The molecule has 0 bridgehead atoms. The van der Waals surface area contributed by atoms with Crippen LogP contribution in [0.4, 0.5) is 17.6 Å². The topological polar surface area (TPSA) is 116 Å². The van der Waals surface area contributed by atoms with Crippen LogP contribution in [-0.2, 0) is 9.59 Å². The molecule has 1 aromatic rings. The quantitative estimate of drug-likeness (QED) is 0.468. The van der Waals surface area contributed by atoms with Crippen molar-refractivity contribution < 1.29 is 14.7 Å². The second-order valence-electron chi connectivity index (χ2n) is 13.7. The van der Waals surface area contributed by atoms with Crippen LogP contribution in [0.1, 0.15) is 72.6 Å². The van der Waals surface area contributed by atoms with Crippen LogP contribution in [0.2, 0.25) is 0 Å². The molecule has 3 N–H and O–H groups in total. The molecule has 228 valence electrons. The molecule has 6 rings (SSSR count). The van der Waals surface area contributed by atoms with Crippen molar-refractivity contribution in [3.63, 3.8) is 0 Å². The molecule has 5 atom stereocenters. The first kappa shape index (κ1) is 29.3. The lowest BCUT2D eigenvalue weighted by Crippen LogP contribution is -2.58. The largest absolute Gasteiger partial charge is 0.381 e. The number of allylic oxidation sites excluding steroid dienone is 4. The molecule has 1 aliphatic heterocycles. The average Bonchev–Trinajstić information content (AvgIpc) is 3.25. The zero-order chi connectivity index (χ0) is 29.9. The van der Waals surface area contributed by atoms with Crippen LogP contribution in [0.25, 0.3) is 0 Å². The molecule has 9 heteroatoms. The number of carbonyl (C=O) groups excluding carboxylic acids is 2. The minimum Gasteiger partial charge on any atom is -0.381 e. The van der Waals surface area contributed by atoms with E-state index in [1.807, 2.05) is 12.1 Å². The highest BCUT2D eigenvalue weighted by atomic mass is 16.3. The predicted octanol–water partition coefficient (Wildman–Crippen LogP) is 3.78. The molecule has 3 fully saturated rings. The fraction of sp³-hybridized carbons (Fsp3) is 0.697. The molecule has 0 aromatic carbocycles. The first-order valence-corrected chi connectivity index (χ1v) is 16.1. The number of aromatic nitrogens is 2. The number of piperazine rings is 1. The molecule has 1 aromatic heterocycles. The van der Waals surface area contributed by atoms with Gasteiger partial charge in [-0.15, -0.1) is 0 Å². The zero-order valence-corrected chi connectivity index (χ0v) is 25.9. The van der Waals surface area contributed by atoms with Gasteiger partial charge in [-0.3, -0.25) is 14.5 Å². The molecule has 1 saturated heterocycles. The Morgan fingerprint density at radius 1 is 1.10 bits per heavy atom. The number of carbonyl (C=O) groups is 2. The van der Waals surface area contributed by atoms with Crippen molar-refractivity contribution in [2.75, 3.05) is 61.3 Å². The Labute approximate surface area is 250 Å². The van der Waals surface area contributed by atoms with E-state index in [2.05, 4.69) is 58.4 Å². The molecular weight excluding hydrogens is 528 g/mol. The second-order valence-corrected chi connectivity index (χ2v) is 13.7. The first-order chi connectivity index (χ1) is 20.0. The van der Waals surface area contributed by atoms with Crippen LogP contribution < -0.4 is 15.5 Å². The van der Waals surface area contributed by atoms with Crippen molar-refractivity contribution in [1.29, 1.82) is 0 Å². The molecule has 0 radical (unpaired) electrons. The molecular formula is C33H48N6O3. The molecule has 42 heavy (non-hydrogen) atoms. The summed E-state index contributed by atoms with van der Waals surface area (Å²) >= 11 is 0. The summed E-state index contributed by atoms with van der Waals surface area (Å²) in [5.74, 6) is 2.85. The standard InChI is InChI=1S/C33H48N6O3/c1-5-38(6-2)28-20-29(36-30(34)35-28)39-17-15-37(16-18-39)21-27(41)33(42)14-11-26-24-8-7-22-19-23(40)9-12-31(22,3)25(24)10-13-32(26,33)4/h10,19-20,24,26,42H,5-9,11-18,21H2,1-4H3,(H2,34,35,36)/t24-,26+,31+,32+,33+/m1/s1. The molecule has 0 amide bonds. The Morgan fingerprint density at radius 3 is 2.55 bits per heavy atom. The van der Waals surface area contributed by atoms with Crippen LogP contribution in [0, 0.1) is 22.7 Å². The fourth-order valence-electron chi connectivity index (χ4n) is 9.11. The third-order valence-electron chi connectivity index (χ3n) is 11.8. The molecule has 2 heterocycles. The van der Waals surface area contributed by atoms with Crippen LogP contribution in [-0.4, -0.2) is 83.0 Å². The van der Waals surface area contributed by atoms with E-state index in [0.717, 1.165) is 83.0 Å². The lowest BCUT2D eigenvalue weighted by Gasteiger charge is -2.54. The normalized spacial score (nSPS) is 34.7. The highest BCUT2D eigenvalue weighted by Gasteiger charge is 2.64. The number of nitrogens with zero attached hydrogens (tertiary/aromatic N) is 5. The second kappa shape index (κ2) is 10.7. The lowest BCUT2D eigenvalue weighted by molar-refractivity contribution is -0.154. The van der Waals surface area contributed by atoms with E-state index >= 15 is 0 Å². The van der Waals surface area contributed by atoms with Crippen molar-refractivity contribution in [2.45, 2.75) is 78.2 Å². The SMILES string of the molecule is CCN(CC)c1cc(N2CCN(CC(=O)[C@@]3(O)CC[C@H]4[C@@H]5CCC6=CC(=O)CC[C@]6(C)C5=CC[C@@]43C)CC2)nc(N)n1. The van der Waals surface area contributed by atoms with Crippen LogP contribution >= 0.6 is 0 Å². The number of rotatable bonds is 7. The summed E-state index contributed by atoms with van der Waals surface area (Å²) in [6, 6.07) is 2.01. The lowest BCUT2D eigenvalue weighted by atomic mass is 9.50. The van der Waals surface area contributed by atoms with Gasteiger partial charge >= 0.3 is 0 Å². The van der Waals surface area contributed by atoms with Gasteiger partial charge in [0, 0.05) is 62.6 Å². The van der Waals surface area contributed by atoms with Crippen molar-refractivity contribution in [2.24, 2.45) is 22.7 Å². The van der Waals surface area contributed by atoms with Gasteiger partial charge in [-0.2, -0.15) is 9.97 Å². The number of nitrogens with two attached hydrogens (primary N) is 1. The minimum absolute atomic E-state index is 0.0289. The smallest absolute Gasteiger partial charge is 0.223 e. The summed E-state index contributed by atoms with van der Waals surface area (Å²) in [5.41, 5.74) is 7.02. The number of ketones is 2.